The summed E-state index contributed by atoms with van der Waals surface area (Å²) >= 11 is 13.6. The average Bonchev–Trinajstić information content (AvgIpc) is 2.98. The summed E-state index contributed by atoms with van der Waals surface area (Å²) < 4.78 is 5.16. The smallest absolute Gasteiger partial charge is 0.137 e. The van der Waals surface area contributed by atoms with Gasteiger partial charge in [-0.1, -0.05) is 35.3 Å². The van der Waals surface area contributed by atoms with Crippen molar-refractivity contribution in [1.82, 2.24) is 4.98 Å². The largest absolute Gasteiger partial charge is 0.495 e. The first-order valence-corrected chi connectivity index (χ1v) is 7.86. The molecule has 0 radical (unpaired) electrons. The summed E-state index contributed by atoms with van der Waals surface area (Å²) in [5, 5.41) is 4.27. The number of aromatic nitrogens is 1. The van der Waals surface area contributed by atoms with E-state index >= 15 is 0 Å². The van der Waals surface area contributed by atoms with E-state index in [1.165, 1.54) is 0 Å². The third-order valence-corrected chi connectivity index (χ3v) is 4.48. The van der Waals surface area contributed by atoms with Crippen molar-refractivity contribution >= 4 is 34.5 Å². The number of hydrogen-bond acceptors (Lipinski definition) is 3. The van der Waals surface area contributed by atoms with E-state index in [4.69, 9.17) is 27.9 Å². The molecule has 0 saturated heterocycles. The Labute approximate surface area is 136 Å². The zero-order valence-electron chi connectivity index (χ0n) is 11.1. The van der Waals surface area contributed by atoms with E-state index in [1.807, 2.05) is 47.8 Å². The second-order valence-electron chi connectivity index (χ2n) is 4.39. The van der Waals surface area contributed by atoms with Gasteiger partial charge in [0.05, 0.1) is 17.8 Å². The summed E-state index contributed by atoms with van der Waals surface area (Å²) in [5.41, 5.74) is 2.92. The predicted molar refractivity (Wildman–Crippen MR) is 89.6 cm³/mol. The first-order valence-electron chi connectivity index (χ1n) is 6.23. The number of benzene rings is 2. The number of nitrogens with zero attached hydrogens (tertiary/aromatic N) is 1. The molecule has 3 aromatic rings. The topological polar surface area (TPSA) is 22.1 Å². The Morgan fingerprint density at radius 2 is 1.71 bits per heavy atom. The van der Waals surface area contributed by atoms with Crippen LogP contribution in [0.1, 0.15) is 0 Å². The van der Waals surface area contributed by atoms with E-state index in [2.05, 4.69) is 4.98 Å². The van der Waals surface area contributed by atoms with Crippen molar-refractivity contribution in [3.8, 4) is 27.6 Å². The highest BCUT2D eigenvalue weighted by atomic mass is 35.5. The van der Waals surface area contributed by atoms with Gasteiger partial charge in [0.15, 0.2) is 0 Å². The second kappa shape index (κ2) is 6.06. The Hall–Kier alpha value is -1.55. The highest BCUT2D eigenvalue weighted by molar-refractivity contribution is 7.13. The number of halogens is 2. The molecule has 0 aliphatic rings. The molecule has 0 saturated carbocycles. The van der Waals surface area contributed by atoms with Crippen molar-refractivity contribution in [3.05, 3.63) is 57.9 Å². The zero-order chi connectivity index (χ0) is 14.8. The molecule has 0 spiro atoms. The number of thiazole rings is 1. The summed E-state index contributed by atoms with van der Waals surface area (Å²) in [6, 6.07) is 13.3. The lowest BCUT2D eigenvalue weighted by Gasteiger charge is -2.04. The third kappa shape index (κ3) is 3.05. The Morgan fingerprint density at radius 3 is 2.38 bits per heavy atom. The van der Waals surface area contributed by atoms with Gasteiger partial charge in [-0.3, -0.25) is 0 Å². The van der Waals surface area contributed by atoms with Crippen molar-refractivity contribution in [1.29, 1.82) is 0 Å². The van der Waals surface area contributed by atoms with E-state index in [0.29, 0.717) is 10.8 Å². The molecule has 0 aliphatic carbocycles. The van der Waals surface area contributed by atoms with Crippen molar-refractivity contribution in [2.75, 3.05) is 7.11 Å². The van der Waals surface area contributed by atoms with Crippen LogP contribution >= 0.6 is 34.5 Å². The Bertz CT molecular complexity index is 768. The van der Waals surface area contributed by atoms with Crippen LogP contribution in [0.15, 0.2) is 47.8 Å². The molecule has 0 unspecified atom stereocenters. The number of hydrogen-bond donors (Lipinski definition) is 0. The van der Waals surface area contributed by atoms with Gasteiger partial charge in [-0.2, -0.15) is 0 Å². The van der Waals surface area contributed by atoms with Crippen LogP contribution in [0.4, 0.5) is 0 Å². The van der Waals surface area contributed by atoms with Gasteiger partial charge in [0, 0.05) is 21.5 Å². The molecule has 0 atom stereocenters. The molecular formula is C16H11Cl2NOS. The third-order valence-electron chi connectivity index (χ3n) is 3.04. The predicted octanol–water partition coefficient (Wildman–Crippen LogP) is 5.79. The summed E-state index contributed by atoms with van der Waals surface area (Å²) in [7, 11) is 1.60. The highest BCUT2D eigenvalue weighted by Gasteiger charge is 2.09. The van der Waals surface area contributed by atoms with Gasteiger partial charge in [-0.05, 0) is 30.3 Å². The molecule has 1 heterocycles. The fourth-order valence-corrected chi connectivity index (χ4v) is 3.18. The van der Waals surface area contributed by atoms with Gasteiger partial charge < -0.3 is 4.74 Å². The van der Waals surface area contributed by atoms with Crippen LogP contribution in [0.5, 0.6) is 5.75 Å². The molecule has 0 amide bonds. The van der Waals surface area contributed by atoms with Crippen LogP contribution in [-0.4, -0.2) is 12.1 Å². The maximum Gasteiger partial charge on any atom is 0.137 e. The Balaban J connectivity index is 1.94. The lowest BCUT2D eigenvalue weighted by molar-refractivity contribution is 0.415. The molecule has 1 aromatic heterocycles. The molecule has 0 aliphatic heterocycles. The highest BCUT2D eigenvalue weighted by Crippen LogP contribution is 2.33. The maximum atomic E-state index is 6.16. The maximum absolute atomic E-state index is 6.16. The molecule has 0 bridgehead atoms. The standard InChI is InChI=1S/C16H11Cl2NOS/c1-20-15-7-4-11(8-13(15)18)14-9-21-16(19-14)10-2-5-12(17)6-3-10/h2-9H,1H3. The fourth-order valence-electron chi connectivity index (χ4n) is 1.96. The van der Waals surface area contributed by atoms with E-state index in [0.717, 1.165) is 26.9 Å². The van der Waals surface area contributed by atoms with Crippen molar-refractivity contribution in [2.24, 2.45) is 0 Å². The van der Waals surface area contributed by atoms with E-state index in [-0.39, 0.29) is 0 Å². The monoisotopic (exact) mass is 335 g/mol. The molecule has 2 aromatic carbocycles. The lowest BCUT2D eigenvalue weighted by atomic mass is 10.1. The summed E-state index contributed by atoms with van der Waals surface area (Å²) in [6.45, 7) is 0. The summed E-state index contributed by atoms with van der Waals surface area (Å²) in [5.74, 6) is 0.661. The van der Waals surface area contributed by atoms with Gasteiger partial charge >= 0.3 is 0 Å². The quantitative estimate of drug-likeness (QED) is 0.604. The van der Waals surface area contributed by atoms with Crippen molar-refractivity contribution in [3.63, 3.8) is 0 Å². The molecule has 106 valence electrons. The van der Waals surface area contributed by atoms with Crippen LogP contribution in [0, 0.1) is 0 Å². The van der Waals surface area contributed by atoms with Crippen LogP contribution in [-0.2, 0) is 0 Å². The molecule has 3 rings (SSSR count). The average molecular weight is 336 g/mol. The Morgan fingerprint density at radius 1 is 1.00 bits per heavy atom. The van der Waals surface area contributed by atoms with Gasteiger partial charge in [-0.25, -0.2) is 4.98 Å². The van der Waals surface area contributed by atoms with Crippen LogP contribution in [0.3, 0.4) is 0 Å². The van der Waals surface area contributed by atoms with Crippen LogP contribution < -0.4 is 4.74 Å². The van der Waals surface area contributed by atoms with Crippen molar-refractivity contribution in [2.45, 2.75) is 0 Å². The van der Waals surface area contributed by atoms with Gasteiger partial charge in [0.25, 0.3) is 0 Å². The number of rotatable bonds is 3. The number of methoxy groups -OCH3 is 1. The molecule has 0 N–H and O–H groups in total. The molecule has 2 nitrogen and oxygen atoms in total. The minimum absolute atomic E-state index is 0.580. The van der Waals surface area contributed by atoms with Gasteiger partial charge in [0.1, 0.15) is 10.8 Å². The minimum Gasteiger partial charge on any atom is -0.495 e. The minimum atomic E-state index is 0.580. The zero-order valence-corrected chi connectivity index (χ0v) is 13.5. The first-order chi connectivity index (χ1) is 10.2. The molecule has 0 fully saturated rings. The normalized spacial score (nSPS) is 10.6. The summed E-state index contributed by atoms with van der Waals surface area (Å²) in [6.07, 6.45) is 0. The van der Waals surface area contributed by atoms with Crippen molar-refractivity contribution < 1.29 is 4.74 Å². The van der Waals surface area contributed by atoms with E-state index < -0.39 is 0 Å². The lowest BCUT2D eigenvalue weighted by Crippen LogP contribution is -1.85. The first kappa shape index (κ1) is 14.4. The van der Waals surface area contributed by atoms with E-state index in [1.54, 1.807) is 18.4 Å². The molecule has 5 heteroatoms. The summed E-state index contributed by atoms with van der Waals surface area (Å²) in [4.78, 5) is 4.65. The molecule has 21 heavy (non-hydrogen) atoms. The SMILES string of the molecule is COc1ccc(-c2csc(-c3ccc(Cl)cc3)n2)cc1Cl. The van der Waals surface area contributed by atoms with Gasteiger partial charge in [-0.15, -0.1) is 11.3 Å². The second-order valence-corrected chi connectivity index (χ2v) is 6.10. The van der Waals surface area contributed by atoms with Crippen LogP contribution in [0.25, 0.3) is 21.8 Å². The van der Waals surface area contributed by atoms with E-state index in [9.17, 15) is 0 Å². The van der Waals surface area contributed by atoms with Crippen LogP contribution in [0.2, 0.25) is 10.0 Å². The van der Waals surface area contributed by atoms with Gasteiger partial charge in [0.2, 0.25) is 0 Å². The molecular weight excluding hydrogens is 325 g/mol. The Kier molecular flexibility index (Phi) is 4.15. The fraction of sp³-hybridized carbons (Fsp3) is 0.0625. The number of ether oxygens (including phenoxy) is 1.